The number of para-hydroxylation sites is 1. The number of aromatic nitrogens is 1. The molecule has 0 saturated heterocycles. The van der Waals surface area contributed by atoms with E-state index in [0.29, 0.717) is 24.4 Å². The fourth-order valence-electron chi connectivity index (χ4n) is 3.35. The molecule has 20 heavy (non-hydrogen) atoms. The summed E-state index contributed by atoms with van der Waals surface area (Å²) in [6.45, 7) is 0. The van der Waals surface area contributed by atoms with Gasteiger partial charge >= 0.3 is 133 Å². The molecule has 0 bridgehead atoms. The molecule has 1 nitrogen and oxygen atoms in total. The van der Waals surface area contributed by atoms with Gasteiger partial charge in [-0.25, -0.2) is 0 Å². The van der Waals surface area contributed by atoms with Gasteiger partial charge in [0.2, 0.25) is 0 Å². The fraction of sp³-hybridized carbons (Fsp3) is 0.111. The Morgan fingerprint density at radius 1 is 0.950 bits per heavy atom. The number of nitrogens with one attached hydrogen (secondary N) is 1. The number of benzene rings is 2. The minimum absolute atomic E-state index is 0.242. The summed E-state index contributed by atoms with van der Waals surface area (Å²) >= 11 is 0.469. The standard InChI is InChI=1S/C18H14N.In.2H/c1-2-7-13(8-3-1)14-10-6-11-16-15-9-4-5-12-17(15)19-18(14)16;;;/h1-9,11-12,19H,10H2;;;. The van der Waals surface area contributed by atoms with E-state index >= 15 is 0 Å². The SMILES string of the molecule is [InH2][C]1(c2ccccc2)CC=Cc2c1[nH]c1ccccc21. The van der Waals surface area contributed by atoms with Crippen molar-refractivity contribution < 1.29 is 0 Å². The molecule has 1 atom stereocenters. The van der Waals surface area contributed by atoms with E-state index in [1.165, 1.54) is 27.7 Å². The first kappa shape index (κ1) is 12.3. The summed E-state index contributed by atoms with van der Waals surface area (Å²) in [6.07, 6.45) is 5.78. The molecule has 1 aliphatic carbocycles. The average molecular weight is 361 g/mol. The van der Waals surface area contributed by atoms with Gasteiger partial charge in [0, 0.05) is 0 Å². The van der Waals surface area contributed by atoms with Crippen molar-refractivity contribution in [2.75, 3.05) is 0 Å². The number of allylic oxidation sites excluding steroid dienone is 1. The van der Waals surface area contributed by atoms with Crippen molar-refractivity contribution in [1.82, 2.24) is 4.98 Å². The van der Waals surface area contributed by atoms with Gasteiger partial charge in [0.25, 0.3) is 0 Å². The Labute approximate surface area is 133 Å². The van der Waals surface area contributed by atoms with E-state index in [1.54, 1.807) is 0 Å². The van der Waals surface area contributed by atoms with Crippen molar-refractivity contribution in [1.29, 1.82) is 0 Å². The van der Waals surface area contributed by atoms with Crippen LogP contribution in [0.3, 0.4) is 0 Å². The van der Waals surface area contributed by atoms with Crippen molar-refractivity contribution in [2.24, 2.45) is 0 Å². The molecule has 1 aromatic heterocycles. The summed E-state index contributed by atoms with van der Waals surface area (Å²) in [7, 11) is 0. The second-order valence-corrected chi connectivity index (χ2v) is 10.6. The third-order valence-corrected chi connectivity index (χ3v) is 8.76. The van der Waals surface area contributed by atoms with Crippen LogP contribution in [0.4, 0.5) is 0 Å². The Balaban J connectivity index is 2.01. The van der Waals surface area contributed by atoms with Gasteiger partial charge in [-0.3, -0.25) is 0 Å². The molecule has 0 saturated carbocycles. The Hall–Kier alpha value is -1.41. The zero-order chi connectivity index (χ0) is 13.6. The first-order valence-electron chi connectivity index (χ1n) is 7.12. The van der Waals surface area contributed by atoms with Gasteiger partial charge in [-0.05, 0) is 0 Å². The third-order valence-electron chi connectivity index (χ3n) is 4.52. The molecular weight excluding hydrogens is 345 g/mol. The van der Waals surface area contributed by atoms with Gasteiger partial charge in [0.1, 0.15) is 0 Å². The molecule has 1 heterocycles. The van der Waals surface area contributed by atoms with Crippen LogP contribution in [0.2, 0.25) is 0 Å². The number of hydrogen-bond acceptors (Lipinski definition) is 0. The average Bonchev–Trinajstić information content (AvgIpc) is 2.89. The van der Waals surface area contributed by atoms with Crippen molar-refractivity contribution in [3.8, 4) is 0 Å². The molecule has 96 valence electrons. The van der Waals surface area contributed by atoms with Crippen LogP contribution in [0.15, 0.2) is 60.7 Å². The minimum atomic E-state index is 0.242. The Bertz CT molecular complexity index is 801. The second-order valence-electron chi connectivity index (χ2n) is 5.76. The van der Waals surface area contributed by atoms with Gasteiger partial charge in [-0.1, -0.05) is 0 Å². The zero-order valence-electron chi connectivity index (χ0n) is 11.6. The first-order valence-corrected chi connectivity index (χ1v) is 9.98. The van der Waals surface area contributed by atoms with Crippen LogP contribution >= 0.6 is 0 Å². The maximum absolute atomic E-state index is 3.71. The van der Waals surface area contributed by atoms with Crippen LogP contribution < -0.4 is 0 Å². The molecule has 3 aromatic rings. The van der Waals surface area contributed by atoms with Crippen LogP contribution in [-0.2, 0) is 3.17 Å². The quantitative estimate of drug-likeness (QED) is 0.684. The molecule has 2 heteroatoms. The molecule has 0 amide bonds. The van der Waals surface area contributed by atoms with Gasteiger partial charge in [0.15, 0.2) is 0 Å². The molecule has 0 aliphatic heterocycles. The van der Waals surface area contributed by atoms with Gasteiger partial charge in [0.05, 0.1) is 0 Å². The monoisotopic (exact) mass is 361 g/mol. The molecule has 1 aliphatic rings. The van der Waals surface area contributed by atoms with Crippen LogP contribution in [-0.4, -0.2) is 29.4 Å². The van der Waals surface area contributed by atoms with E-state index in [0.717, 1.165) is 6.42 Å². The molecule has 0 radical (unpaired) electrons. The maximum atomic E-state index is 3.71. The van der Waals surface area contributed by atoms with Gasteiger partial charge < -0.3 is 0 Å². The molecule has 1 N–H and O–H groups in total. The van der Waals surface area contributed by atoms with E-state index in [4.69, 9.17) is 0 Å². The van der Waals surface area contributed by atoms with E-state index in [9.17, 15) is 0 Å². The molecule has 0 spiro atoms. The summed E-state index contributed by atoms with van der Waals surface area (Å²) in [6, 6.07) is 19.6. The van der Waals surface area contributed by atoms with Crippen LogP contribution in [0.25, 0.3) is 17.0 Å². The summed E-state index contributed by atoms with van der Waals surface area (Å²) < 4.78 is 0.242. The van der Waals surface area contributed by atoms with E-state index in [1.807, 2.05) is 0 Å². The summed E-state index contributed by atoms with van der Waals surface area (Å²) in [4.78, 5) is 3.71. The molecule has 4 rings (SSSR count). The van der Waals surface area contributed by atoms with Crippen LogP contribution in [0, 0.1) is 0 Å². The molecule has 1 unspecified atom stereocenters. The van der Waals surface area contributed by atoms with Crippen molar-refractivity contribution in [3.05, 3.63) is 77.5 Å². The van der Waals surface area contributed by atoms with E-state index < -0.39 is 0 Å². The van der Waals surface area contributed by atoms with Gasteiger partial charge in [-0.15, -0.1) is 0 Å². The number of aromatic amines is 1. The Morgan fingerprint density at radius 3 is 2.55 bits per heavy atom. The zero-order valence-corrected chi connectivity index (χ0v) is 17.3. The van der Waals surface area contributed by atoms with Crippen molar-refractivity contribution in [3.63, 3.8) is 0 Å². The van der Waals surface area contributed by atoms with Crippen LogP contribution in [0.5, 0.6) is 0 Å². The molecule has 2 aromatic carbocycles. The predicted octanol–water partition coefficient (Wildman–Crippen LogP) is 3.46. The number of rotatable bonds is 1. The van der Waals surface area contributed by atoms with Gasteiger partial charge in [-0.2, -0.15) is 0 Å². The van der Waals surface area contributed by atoms with Crippen molar-refractivity contribution in [2.45, 2.75) is 9.59 Å². The number of fused-ring (bicyclic) bond motifs is 3. The normalized spacial score (nSPS) is 21.0. The predicted molar refractivity (Wildman–Crippen MR) is 87.7 cm³/mol. The summed E-state index contributed by atoms with van der Waals surface area (Å²) in [5.74, 6) is 0. The first-order chi connectivity index (χ1) is 9.79. The number of hydrogen-bond donors (Lipinski definition) is 1. The Kier molecular flexibility index (Phi) is 2.81. The fourth-order valence-corrected chi connectivity index (χ4v) is 6.10. The topological polar surface area (TPSA) is 15.8 Å². The molecular formula is C18H16InN. The Morgan fingerprint density at radius 2 is 1.70 bits per heavy atom. The van der Waals surface area contributed by atoms with Crippen molar-refractivity contribution >= 4 is 41.4 Å². The van der Waals surface area contributed by atoms with Crippen LogP contribution in [0.1, 0.15) is 23.2 Å². The van der Waals surface area contributed by atoms with E-state index in [2.05, 4.69) is 71.7 Å². The van der Waals surface area contributed by atoms with E-state index in [-0.39, 0.29) is 3.17 Å². The number of H-pyrrole nitrogens is 1. The second kappa shape index (κ2) is 4.56. The summed E-state index contributed by atoms with van der Waals surface area (Å²) in [5, 5.41) is 1.35. The third kappa shape index (κ3) is 1.71. The molecule has 0 fully saturated rings. The summed E-state index contributed by atoms with van der Waals surface area (Å²) in [5.41, 5.74) is 5.56.